The van der Waals surface area contributed by atoms with Crippen LogP contribution in [0.25, 0.3) is 0 Å². The summed E-state index contributed by atoms with van der Waals surface area (Å²) in [6.45, 7) is 1.29. The minimum Gasteiger partial charge on any atom is -0.496 e. The van der Waals surface area contributed by atoms with E-state index in [2.05, 4.69) is 15.9 Å². The molecule has 0 aliphatic heterocycles. The lowest BCUT2D eigenvalue weighted by Crippen LogP contribution is -2.26. The number of benzene rings is 1. The van der Waals surface area contributed by atoms with Crippen molar-refractivity contribution in [1.29, 1.82) is 0 Å². The molecule has 0 unspecified atom stereocenters. The van der Waals surface area contributed by atoms with Crippen molar-refractivity contribution in [2.75, 3.05) is 20.7 Å². The Morgan fingerprint density at radius 3 is 2.67 bits per heavy atom. The molecular formula is C16H25BrN2O2. The summed E-state index contributed by atoms with van der Waals surface area (Å²) in [5.74, 6) is 0.977. The van der Waals surface area contributed by atoms with E-state index in [1.807, 2.05) is 25.2 Å². The van der Waals surface area contributed by atoms with E-state index in [1.54, 1.807) is 12.0 Å². The van der Waals surface area contributed by atoms with Crippen molar-refractivity contribution in [3.05, 3.63) is 28.2 Å². The Morgan fingerprint density at radius 2 is 2.00 bits per heavy atom. The van der Waals surface area contributed by atoms with Crippen molar-refractivity contribution in [3.8, 4) is 5.75 Å². The van der Waals surface area contributed by atoms with Crippen molar-refractivity contribution < 1.29 is 9.53 Å². The second-order valence-corrected chi connectivity index (χ2v) is 6.07. The number of unbranched alkanes of at least 4 members (excludes halogenated alkanes) is 3. The normalized spacial score (nSPS) is 10.5. The van der Waals surface area contributed by atoms with Crippen LogP contribution in [0, 0.1) is 0 Å². The van der Waals surface area contributed by atoms with Crippen molar-refractivity contribution >= 4 is 21.8 Å². The minimum atomic E-state index is 0.171. The van der Waals surface area contributed by atoms with Crippen LogP contribution in [0.1, 0.15) is 37.7 Å². The van der Waals surface area contributed by atoms with Gasteiger partial charge in [0.25, 0.3) is 0 Å². The molecule has 1 aromatic rings. The lowest BCUT2D eigenvalue weighted by molar-refractivity contribution is -0.130. The maximum Gasteiger partial charge on any atom is 0.222 e. The van der Waals surface area contributed by atoms with Gasteiger partial charge >= 0.3 is 0 Å². The van der Waals surface area contributed by atoms with Crippen LogP contribution in [0.2, 0.25) is 0 Å². The van der Waals surface area contributed by atoms with Crippen molar-refractivity contribution in [2.24, 2.45) is 5.73 Å². The van der Waals surface area contributed by atoms with Gasteiger partial charge < -0.3 is 15.4 Å². The minimum absolute atomic E-state index is 0.171. The average Bonchev–Trinajstić information content (AvgIpc) is 2.47. The van der Waals surface area contributed by atoms with Gasteiger partial charge in [0.1, 0.15) is 5.75 Å². The highest BCUT2D eigenvalue weighted by Gasteiger charge is 2.12. The summed E-state index contributed by atoms with van der Waals surface area (Å²) in [6.07, 6.45) is 4.74. The molecule has 0 atom stereocenters. The number of carbonyl (C=O) groups is 1. The van der Waals surface area contributed by atoms with Crippen LogP contribution in [-0.2, 0) is 11.3 Å². The average molecular weight is 357 g/mol. The fourth-order valence-corrected chi connectivity index (χ4v) is 2.59. The zero-order chi connectivity index (χ0) is 15.7. The van der Waals surface area contributed by atoms with Crippen LogP contribution >= 0.6 is 15.9 Å². The molecule has 0 saturated carbocycles. The number of carbonyl (C=O) groups excluding carboxylic acids is 1. The van der Waals surface area contributed by atoms with E-state index in [4.69, 9.17) is 10.5 Å². The van der Waals surface area contributed by atoms with Gasteiger partial charge in [-0.05, 0) is 37.6 Å². The van der Waals surface area contributed by atoms with E-state index in [-0.39, 0.29) is 5.91 Å². The highest BCUT2D eigenvalue weighted by molar-refractivity contribution is 9.10. The third-order valence-corrected chi connectivity index (χ3v) is 3.91. The van der Waals surface area contributed by atoms with Crippen molar-refractivity contribution in [3.63, 3.8) is 0 Å². The van der Waals surface area contributed by atoms with E-state index in [0.29, 0.717) is 13.0 Å². The summed E-state index contributed by atoms with van der Waals surface area (Å²) in [7, 11) is 3.48. The summed E-state index contributed by atoms with van der Waals surface area (Å²) in [6, 6.07) is 5.83. The van der Waals surface area contributed by atoms with E-state index >= 15 is 0 Å². The summed E-state index contributed by atoms with van der Waals surface area (Å²) < 4.78 is 6.32. The lowest BCUT2D eigenvalue weighted by Gasteiger charge is -2.19. The van der Waals surface area contributed by atoms with E-state index in [1.165, 1.54) is 0 Å². The van der Waals surface area contributed by atoms with Gasteiger partial charge in [0, 0.05) is 30.0 Å². The van der Waals surface area contributed by atoms with E-state index in [0.717, 1.165) is 48.0 Å². The smallest absolute Gasteiger partial charge is 0.222 e. The first kappa shape index (κ1) is 18.0. The standard InChI is InChI=1S/C16H25BrN2O2/c1-19(16(20)7-5-3-4-6-10-18)12-13-11-14(17)8-9-15(13)21-2/h8-9,11H,3-7,10,12,18H2,1-2H3. The molecule has 4 nitrogen and oxygen atoms in total. The van der Waals surface area contributed by atoms with Crippen LogP contribution in [0.15, 0.2) is 22.7 Å². The summed E-state index contributed by atoms with van der Waals surface area (Å²) in [5, 5.41) is 0. The maximum atomic E-state index is 12.1. The molecule has 0 spiro atoms. The molecule has 0 aliphatic rings. The molecule has 118 valence electrons. The van der Waals surface area contributed by atoms with Gasteiger partial charge in [0.05, 0.1) is 7.11 Å². The molecule has 0 aromatic heterocycles. The second-order valence-electron chi connectivity index (χ2n) is 5.16. The number of amides is 1. The Kier molecular flexibility index (Phi) is 8.38. The van der Waals surface area contributed by atoms with Gasteiger partial charge in [0.2, 0.25) is 5.91 Å². The second kappa shape index (κ2) is 9.79. The molecule has 21 heavy (non-hydrogen) atoms. The number of ether oxygens (including phenoxy) is 1. The third kappa shape index (κ3) is 6.48. The van der Waals surface area contributed by atoms with E-state index < -0.39 is 0 Å². The number of nitrogens with zero attached hydrogens (tertiary/aromatic N) is 1. The molecule has 0 fully saturated rings. The quantitative estimate of drug-likeness (QED) is 0.690. The highest BCUT2D eigenvalue weighted by Crippen LogP contribution is 2.24. The van der Waals surface area contributed by atoms with Gasteiger partial charge in [-0.1, -0.05) is 28.8 Å². The van der Waals surface area contributed by atoms with Gasteiger partial charge in [-0.3, -0.25) is 4.79 Å². The maximum absolute atomic E-state index is 12.1. The third-order valence-electron chi connectivity index (χ3n) is 3.42. The number of methoxy groups -OCH3 is 1. The summed E-state index contributed by atoms with van der Waals surface area (Å²) >= 11 is 3.45. The number of halogens is 1. The molecule has 0 bridgehead atoms. The van der Waals surface area contributed by atoms with Gasteiger partial charge in [0.15, 0.2) is 0 Å². The number of nitrogens with two attached hydrogens (primary N) is 1. The Hall–Kier alpha value is -1.07. The topological polar surface area (TPSA) is 55.6 Å². The number of hydrogen-bond donors (Lipinski definition) is 1. The van der Waals surface area contributed by atoms with Crippen LogP contribution in [-0.4, -0.2) is 31.5 Å². The zero-order valence-corrected chi connectivity index (χ0v) is 14.5. The molecule has 0 saturated heterocycles. The molecule has 2 N–H and O–H groups in total. The fourth-order valence-electron chi connectivity index (χ4n) is 2.18. The molecule has 1 amide bonds. The van der Waals surface area contributed by atoms with Gasteiger partial charge in [-0.25, -0.2) is 0 Å². The first-order valence-corrected chi connectivity index (χ1v) is 8.14. The Morgan fingerprint density at radius 1 is 1.29 bits per heavy atom. The number of rotatable bonds is 9. The first-order chi connectivity index (χ1) is 10.1. The van der Waals surface area contributed by atoms with Crippen LogP contribution in [0.4, 0.5) is 0 Å². The predicted octanol–water partition coefficient (Wildman–Crippen LogP) is 3.33. The van der Waals surface area contributed by atoms with Gasteiger partial charge in [-0.2, -0.15) is 0 Å². The molecule has 0 aliphatic carbocycles. The Balaban J connectivity index is 2.46. The van der Waals surface area contributed by atoms with Crippen LogP contribution in [0.3, 0.4) is 0 Å². The van der Waals surface area contributed by atoms with E-state index in [9.17, 15) is 4.79 Å². The molecular weight excluding hydrogens is 332 g/mol. The van der Waals surface area contributed by atoms with Crippen LogP contribution in [0.5, 0.6) is 5.75 Å². The Labute approximate surface area is 135 Å². The number of hydrogen-bond acceptors (Lipinski definition) is 3. The summed E-state index contributed by atoms with van der Waals surface area (Å²) in [5.41, 5.74) is 6.46. The fraction of sp³-hybridized carbons (Fsp3) is 0.562. The molecule has 0 radical (unpaired) electrons. The predicted molar refractivity (Wildman–Crippen MR) is 89.3 cm³/mol. The van der Waals surface area contributed by atoms with Gasteiger partial charge in [-0.15, -0.1) is 0 Å². The van der Waals surface area contributed by atoms with Crippen LogP contribution < -0.4 is 10.5 Å². The highest BCUT2D eigenvalue weighted by atomic mass is 79.9. The molecule has 0 heterocycles. The Bertz CT molecular complexity index is 452. The lowest BCUT2D eigenvalue weighted by atomic mass is 10.1. The largest absolute Gasteiger partial charge is 0.496 e. The molecule has 1 aromatic carbocycles. The zero-order valence-electron chi connectivity index (χ0n) is 12.9. The van der Waals surface area contributed by atoms with Crippen molar-refractivity contribution in [1.82, 2.24) is 4.90 Å². The summed E-state index contributed by atoms with van der Waals surface area (Å²) in [4.78, 5) is 13.9. The first-order valence-electron chi connectivity index (χ1n) is 7.35. The monoisotopic (exact) mass is 356 g/mol. The van der Waals surface area contributed by atoms with Crippen molar-refractivity contribution in [2.45, 2.75) is 38.6 Å². The molecule has 5 heteroatoms. The SMILES string of the molecule is COc1ccc(Br)cc1CN(C)C(=O)CCCCCCN. The molecule has 1 rings (SSSR count).